The van der Waals surface area contributed by atoms with E-state index in [4.69, 9.17) is 4.74 Å². The monoisotopic (exact) mass is 206 g/mol. The number of ether oxygens (including phenoxy) is 1. The molecule has 0 aliphatic carbocycles. The van der Waals surface area contributed by atoms with Gasteiger partial charge < -0.3 is 4.74 Å². The Morgan fingerprint density at radius 2 is 1.93 bits per heavy atom. The van der Waals surface area contributed by atoms with Crippen LogP contribution in [0, 0.1) is 6.92 Å². The van der Waals surface area contributed by atoms with E-state index < -0.39 is 0 Å². The normalized spacial score (nSPS) is 9.53. The first-order valence-corrected chi connectivity index (χ1v) is 4.81. The van der Waals surface area contributed by atoms with Gasteiger partial charge in [0.2, 0.25) is 0 Å². The zero-order valence-corrected chi connectivity index (χ0v) is 9.36. The second kappa shape index (κ2) is 5.29. The molecule has 0 radical (unpaired) electrons. The number of rotatable bonds is 4. The number of ketones is 1. The molecule has 1 aromatic rings. The molecule has 0 heterocycles. The van der Waals surface area contributed by atoms with Gasteiger partial charge in [-0.05, 0) is 6.92 Å². The van der Waals surface area contributed by atoms with Crippen molar-refractivity contribution in [1.82, 2.24) is 0 Å². The van der Waals surface area contributed by atoms with Gasteiger partial charge in [0.15, 0.2) is 12.4 Å². The summed E-state index contributed by atoms with van der Waals surface area (Å²) in [5.74, 6) is -0.00639. The molecule has 0 bridgehead atoms. The molecule has 0 fully saturated rings. The van der Waals surface area contributed by atoms with E-state index in [1.807, 2.05) is 45.3 Å². The predicted octanol–water partition coefficient (Wildman–Crippen LogP) is 1.49. The quantitative estimate of drug-likeness (QED) is 0.323. The van der Waals surface area contributed by atoms with E-state index >= 15 is 0 Å². The smallest absolute Gasteiger partial charge is 0.323 e. The van der Waals surface area contributed by atoms with Crippen molar-refractivity contribution in [2.24, 2.45) is 0 Å². The minimum Gasteiger partial charge on any atom is -0.442 e. The molecule has 15 heavy (non-hydrogen) atoms. The van der Waals surface area contributed by atoms with Crippen LogP contribution >= 0.6 is 0 Å². The highest BCUT2D eigenvalue weighted by molar-refractivity contribution is 5.97. The molecule has 0 N–H and O–H groups in total. The van der Waals surface area contributed by atoms with Crippen LogP contribution < -0.4 is 0 Å². The lowest BCUT2D eigenvalue weighted by Gasteiger charge is -2.00. The first kappa shape index (κ1) is 11.4. The van der Waals surface area contributed by atoms with Crippen molar-refractivity contribution in [2.75, 3.05) is 20.7 Å². The minimum atomic E-state index is -0.00639. The number of Topliss-reactive ketones (excluding diaryl/α,β-unsaturated/α-hetero) is 1. The maximum Gasteiger partial charge on any atom is 0.323 e. The summed E-state index contributed by atoms with van der Waals surface area (Å²) in [6.45, 7) is 2.08. The zero-order valence-electron chi connectivity index (χ0n) is 9.36. The van der Waals surface area contributed by atoms with Crippen LogP contribution in [0.15, 0.2) is 24.3 Å². The van der Waals surface area contributed by atoms with Crippen LogP contribution in [0.2, 0.25) is 0 Å². The lowest BCUT2D eigenvalue weighted by Crippen LogP contribution is -2.11. The highest BCUT2D eigenvalue weighted by Gasteiger charge is 2.05. The molecule has 1 aromatic carbocycles. The van der Waals surface area contributed by atoms with Crippen LogP contribution in [0.5, 0.6) is 0 Å². The van der Waals surface area contributed by atoms with Crippen molar-refractivity contribution in [3.8, 4) is 0 Å². The Hall–Kier alpha value is -1.64. The van der Waals surface area contributed by atoms with E-state index in [0.29, 0.717) is 5.56 Å². The molecule has 3 heteroatoms. The average molecular weight is 206 g/mol. The molecule has 80 valence electrons. The summed E-state index contributed by atoms with van der Waals surface area (Å²) in [4.78, 5) is 11.6. The highest BCUT2D eigenvalue weighted by Crippen LogP contribution is 2.03. The molecule has 0 atom stereocenters. The number of carbonyl (C=O) groups is 1. The van der Waals surface area contributed by atoms with Gasteiger partial charge in [-0.3, -0.25) is 4.79 Å². The summed E-state index contributed by atoms with van der Waals surface area (Å²) >= 11 is 0. The van der Waals surface area contributed by atoms with Gasteiger partial charge in [0.05, 0.1) is 0 Å². The van der Waals surface area contributed by atoms with Crippen molar-refractivity contribution < 1.29 is 14.1 Å². The Balaban J connectivity index is 2.54. The topological polar surface area (TPSA) is 29.3 Å². The van der Waals surface area contributed by atoms with Crippen molar-refractivity contribution >= 4 is 12.2 Å². The zero-order chi connectivity index (χ0) is 11.3. The molecule has 0 amide bonds. The van der Waals surface area contributed by atoms with Crippen molar-refractivity contribution in [3.05, 3.63) is 35.4 Å². The fourth-order valence-electron chi connectivity index (χ4n) is 1.08. The maximum absolute atomic E-state index is 11.6. The summed E-state index contributed by atoms with van der Waals surface area (Å²) < 4.78 is 6.85. The Morgan fingerprint density at radius 1 is 1.33 bits per heavy atom. The molecule has 0 aliphatic heterocycles. The van der Waals surface area contributed by atoms with Crippen molar-refractivity contribution in [3.63, 3.8) is 0 Å². The Bertz CT molecular complexity index is 362. The van der Waals surface area contributed by atoms with Gasteiger partial charge in [-0.2, -0.15) is 0 Å². The van der Waals surface area contributed by atoms with Gasteiger partial charge in [-0.1, -0.05) is 29.8 Å². The van der Waals surface area contributed by atoms with Gasteiger partial charge in [-0.25, -0.2) is 4.58 Å². The molecule has 3 nitrogen and oxygen atoms in total. The van der Waals surface area contributed by atoms with Crippen molar-refractivity contribution in [2.45, 2.75) is 6.92 Å². The van der Waals surface area contributed by atoms with Crippen LogP contribution in [0.1, 0.15) is 15.9 Å². The van der Waals surface area contributed by atoms with Gasteiger partial charge in [-0.15, -0.1) is 0 Å². The van der Waals surface area contributed by atoms with E-state index in [0.717, 1.165) is 5.56 Å². The van der Waals surface area contributed by atoms with Crippen LogP contribution in [-0.4, -0.2) is 37.5 Å². The van der Waals surface area contributed by atoms with Crippen molar-refractivity contribution in [1.29, 1.82) is 0 Å². The van der Waals surface area contributed by atoms with E-state index in [2.05, 4.69) is 0 Å². The molecule has 0 spiro atoms. The SMILES string of the molecule is Cc1ccc(C(=O)COC=[N+](C)C)cc1. The Kier molecular flexibility index (Phi) is 4.03. The second-order valence-electron chi connectivity index (χ2n) is 3.67. The largest absolute Gasteiger partial charge is 0.442 e. The number of nitrogens with zero attached hydrogens (tertiary/aromatic N) is 1. The number of hydrogen-bond donors (Lipinski definition) is 0. The Labute approximate surface area is 90.0 Å². The van der Waals surface area contributed by atoms with E-state index in [1.54, 1.807) is 4.58 Å². The van der Waals surface area contributed by atoms with E-state index in [9.17, 15) is 4.79 Å². The molecular formula is C12H16NO2+. The summed E-state index contributed by atoms with van der Waals surface area (Å²) in [7, 11) is 3.69. The van der Waals surface area contributed by atoms with Gasteiger partial charge >= 0.3 is 6.40 Å². The minimum absolute atomic E-state index is 0.00639. The van der Waals surface area contributed by atoms with Crippen LogP contribution in [0.25, 0.3) is 0 Å². The molecule has 0 aromatic heterocycles. The van der Waals surface area contributed by atoms with Gasteiger partial charge in [0, 0.05) is 5.56 Å². The molecular weight excluding hydrogens is 190 g/mol. The fourth-order valence-corrected chi connectivity index (χ4v) is 1.08. The molecule has 0 saturated heterocycles. The summed E-state index contributed by atoms with van der Waals surface area (Å²) in [5.41, 5.74) is 1.83. The first-order chi connectivity index (χ1) is 7.09. The second-order valence-corrected chi connectivity index (χ2v) is 3.67. The summed E-state index contributed by atoms with van der Waals surface area (Å²) in [5, 5.41) is 0. The van der Waals surface area contributed by atoms with E-state index in [-0.39, 0.29) is 12.4 Å². The fraction of sp³-hybridized carbons (Fsp3) is 0.333. The number of carbonyl (C=O) groups excluding carboxylic acids is 1. The Morgan fingerprint density at radius 3 is 2.47 bits per heavy atom. The van der Waals surface area contributed by atoms with Gasteiger partial charge in [0.1, 0.15) is 14.1 Å². The number of benzene rings is 1. The van der Waals surface area contributed by atoms with E-state index in [1.165, 1.54) is 6.40 Å². The lowest BCUT2D eigenvalue weighted by molar-refractivity contribution is -0.468. The number of aryl methyl sites for hydroxylation is 1. The average Bonchev–Trinajstić information content (AvgIpc) is 2.18. The first-order valence-electron chi connectivity index (χ1n) is 4.81. The molecule has 0 saturated carbocycles. The standard InChI is InChI=1S/C12H16NO2/c1-10-4-6-11(7-5-10)12(14)8-15-9-13(2)3/h4-7,9H,8H2,1-3H3/q+1. The molecule has 0 aliphatic rings. The van der Waals surface area contributed by atoms with Crippen LogP contribution in [0.3, 0.4) is 0 Å². The molecule has 1 rings (SSSR count). The molecule has 0 unspecified atom stereocenters. The summed E-state index contributed by atoms with van der Waals surface area (Å²) in [6, 6.07) is 7.47. The summed E-state index contributed by atoms with van der Waals surface area (Å²) in [6.07, 6.45) is 1.52. The van der Waals surface area contributed by atoms with Crippen LogP contribution in [-0.2, 0) is 4.74 Å². The maximum atomic E-state index is 11.6. The van der Waals surface area contributed by atoms with Crippen LogP contribution in [0.4, 0.5) is 0 Å². The van der Waals surface area contributed by atoms with Gasteiger partial charge in [0.25, 0.3) is 0 Å². The highest BCUT2D eigenvalue weighted by atomic mass is 16.5. The predicted molar refractivity (Wildman–Crippen MR) is 59.6 cm³/mol. The third-order valence-corrected chi connectivity index (χ3v) is 1.87. The lowest BCUT2D eigenvalue weighted by atomic mass is 10.1. The number of hydrogen-bond acceptors (Lipinski definition) is 2. The third-order valence-electron chi connectivity index (χ3n) is 1.87. The third kappa shape index (κ3) is 3.94.